The SMILES string of the molecule is Cc1ncc(N)c2ccccc12. The van der Waals surface area contributed by atoms with Gasteiger partial charge in [0.2, 0.25) is 0 Å². The number of hydrogen-bond donors (Lipinski definition) is 1. The van der Waals surface area contributed by atoms with Gasteiger partial charge in [0.15, 0.2) is 0 Å². The Morgan fingerprint density at radius 1 is 1.17 bits per heavy atom. The fourth-order valence-electron chi connectivity index (χ4n) is 1.36. The number of pyridine rings is 1. The summed E-state index contributed by atoms with van der Waals surface area (Å²) in [5.74, 6) is 0. The van der Waals surface area contributed by atoms with Crippen molar-refractivity contribution in [2.24, 2.45) is 0 Å². The van der Waals surface area contributed by atoms with E-state index in [0.29, 0.717) is 0 Å². The van der Waals surface area contributed by atoms with E-state index in [1.54, 1.807) is 6.20 Å². The van der Waals surface area contributed by atoms with Crippen LogP contribution in [0.4, 0.5) is 5.69 Å². The van der Waals surface area contributed by atoms with Gasteiger partial charge in [0, 0.05) is 16.5 Å². The molecule has 2 rings (SSSR count). The number of aromatic nitrogens is 1. The maximum Gasteiger partial charge on any atom is 0.0580 e. The first kappa shape index (κ1) is 7.10. The summed E-state index contributed by atoms with van der Waals surface area (Å²) in [6, 6.07) is 8.03. The number of nitrogen functional groups attached to an aromatic ring is 1. The number of fused-ring (bicyclic) bond motifs is 1. The third kappa shape index (κ3) is 0.925. The monoisotopic (exact) mass is 158 g/mol. The zero-order chi connectivity index (χ0) is 8.55. The first-order chi connectivity index (χ1) is 5.79. The van der Waals surface area contributed by atoms with E-state index < -0.39 is 0 Å². The molecular formula is C10H10N2. The molecule has 1 heterocycles. The number of rotatable bonds is 0. The largest absolute Gasteiger partial charge is 0.397 e. The van der Waals surface area contributed by atoms with Crippen LogP contribution < -0.4 is 5.73 Å². The Kier molecular flexibility index (Phi) is 1.47. The van der Waals surface area contributed by atoms with Crippen molar-refractivity contribution in [1.82, 2.24) is 4.98 Å². The quantitative estimate of drug-likeness (QED) is 0.637. The van der Waals surface area contributed by atoms with Crippen LogP contribution >= 0.6 is 0 Å². The molecule has 1 aromatic carbocycles. The normalized spacial score (nSPS) is 10.4. The van der Waals surface area contributed by atoms with Gasteiger partial charge in [-0.25, -0.2) is 0 Å². The molecule has 0 spiro atoms. The van der Waals surface area contributed by atoms with Crippen LogP contribution in [0.3, 0.4) is 0 Å². The molecule has 0 aliphatic heterocycles. The van der Waals surface area contributed by atoms with Gasteiger partial charge in [0.05, 0.1) is 11.9 Å². The first-order valence-electron chi connectivity index (χ1n) is 3.89. The summed E-state index contributed by atoms with van der Waals surface area (Å²) in [5, 5.41) is 2.22. The van der Waals surface area contributed by atoms with Crippen molar-refractivity contribution in [2.45, 2.75) is 6.92 Å². The van der Waals surface area contributed by atoms with Crippen LogP contribution in [0, 0.1) is 6.92 Å². The van der Waals surface area contributed by atoms with Gasteiger partial charge in [0.25, 0.3) is 0 Å². The van der Waals surface area contributed by atoms with Gasteiger partial charge in [-0.3, -0.25) is 4.98 Å². The van der Waals surface area contributed by atoms with E-state index in [1.165, 1.54) is 0 Å². The Labute approximate surface area is 71.0 Å². The standard InChI is InChI=1S/C10H10N2/c1-7-8-4-2-3-5-9(8)10(11)6-12-7/h2-6H,11H2,1H3. The van der Waals surface area contributed by atoms with Gasteiger partial charge in [-0.15, -0.1) is 0 Å². The molecule has 0 fully saturated rings. The third-order valence-corrected chi connectivity index (χ3v) is 2.03. The molecule has 0 radical (unpaired) electrons. The minimum Gasteiger partial charge on any atom is -0.397 e. The molecule has 12 heavy (non-hydrogen) atoms. The molecule has 0 unspecified atom stereocenters. The highest BCUT2D eigenvalue weighted by Gasteiger charge is 1.99. The molecule has 1 aromatic heterocycles. The van der Waals surface area contributed by atoms with Gasteiger partial charge < -0.3 is 5.73 Å². The molecule has 60 valence electrons. The van der Waals surface area contributed by atoms with Crippen LogP contribution in [0.2, 0.25) is 0 Å². The van der Waals surface area contributed by atoms with Crippen LogP contribution in [0.15, 0.2) is 30.5 Å². The predicted octanol–water partition coefficient (Wildman–Crippen LogP) is 2.13. The third-order valence-electron chi connectivity index (χ3n) is 2.03. The van der Waals surface area contributed by atoms with Gasteiger partial charge in [0.1, 0.15) is 0 Å². The Balaban J connectivity index is 2.95. The molecule has 0 atom stereocenters. The minimum atomic E-state index is 0.746. The summed E-state index contributed by atoms with van der Waals surface area (Å²) in [5.41, 5.74) is 7.54. The zero-order valence-electron chi connectivity index (χ0n) is 6.91. The van der Waals surface area contributed by atoms with Gasteiger partial charge in [-0.1, -0.05) is 24.3 Å². The smallest absolute Gasteiger partial charge is 0.0580 e. The van der Waals surface area contributed by atoms with Gasteiger partial charge in [-0.05, 0) is 6.92 Å². The Bertz CT molecular complexity index is 381. The Morgan fingerprint density at radius 2 is 1.83 bits per heavy atom. The fraction of sp³-hybridized carbons (Fsp3) is 0.100. The predicted molar refractivity (Wildman–Crippen MR) is 50.9 cm³/mol. The lowest BCUT2D eigenvalue weighted by molar-refractivity contribution is 1.24. The van der Waals surface area contributed by atoms with E-state index in [1.807, 2.05) is 31.2 Å². The average Bonchev–Trinajstić information content (AvgIpc) is 2.12. The van der Waals surface area contributed by atoms with E-state index in [-0.39, 0.29) is 0 Å². The lowest BCUT2D eigenvalue weighted by Crippen LogP contribution is -1.91. The summed E-state index contributed by atoms with van der Waals surface area (Å²) in [7, 11) is 0. The highest BCUT2D eigenvalue weighted by molar-refractivity contribution is 5.93. The second-order valence-electron chi connectivity index (χ2n) is 2.84. The van der Waals surface area contributed by atoms with Crippen molar-refractivity contribution in [3.05, 3.63) is 36.2 Å². The molecule has 0 amide bonds. The number of nitrogens with zero attached hydrogens (tertiary/aromatic N) is 1. The van der Waals surface area contributed by atoms with Gasteiger partial charge >= 0.3 is 0 Å². The number of anilines is 1. The van der Waals surface area contributed by atoms with Crippen molar-refractivity contribution < 1.29 is 0 Å². The van der Waals surface area contributed by atoms with E-state index >= 15 is 0 Å². The van der Waals surface area contributed by atoms with E-state index in [9.17, 15) is 0 Å². The van der Waals surface area contributed by atoms with E-state index in [2.05, 4.69) is 4.98 Å². The maximum absolute atomic E-state index is 5.76. The highest BCUT2D eigenvalue weighted by Crippen LogP contribution is 2.21. The molecule has 0 bridgehead atoms. The van der Waals surface area contributed by atoms with Crippen molar-refractivity contribution >= 4 is 16.5 Å². The van der Waals surface area contributed by atoms with E-state index in [0.717, 1.165) is 22.2 Å². The van der Waals surface area contributed by atoms with Crippen LogP contribution in [0.1, 0.15) is 5.69 Å². The summed E-state index contributed by atoms with van der Waals surface area (Å²) in [6.07, 6.45) is 1.71. The molecule has 2 nitrogen and oxygen atoms in total. The number of aryl methyl sites for hydroxylation is 1. The van der Waals surface area contributed by atoms with E-state index in [4.69, 9.17) is 5.73 Å². The molecule has 2 N–H and O–H groups in total. The topological polar surface area (TPSA) is 38.9 Å². The van der Waals surface area contributed by atoms with Crippen LogP contribution in [0.25, 0.3) is 10.8 Å². The number of hydrogen-bond acceptors (Lipinski definition) is 2. The van der Waals surface area contributed by atoms with Crippen LogP contribution in [-0.4, -0.2) is 4.98 Å². The summed E-state index contributed by atoms with van der Waals surface area (Å²) in [6.45, 7) is 1.99. The molecular weight excluding hydrogens is 148 g/mol. The molecule has 0 saturated carbocycles. The Hall–Kier alpha value is -1.57. The molecule has 2 aromatic rings. The van der Waals surface area contributed by atoms with Gasteiger partial charge in [-0.2, -0.15) is 0 Å². The highest BCUT2D eigenvalue weighted by atomic mass is 14.7. The summed E-state index contributed by atoms with van der Waals surface area (Å²) < 4.78 is 0. The second-order valence-corrected chi connectivity index (χ2v) is 2.84. The molecule has 0 saturated heterocycles. The van der Waals surface area contributed by atoms with Crippen LogP contribution in [-0.2, 0) is 0 Å². The minimum absolute atomic E-state index is 0.746. The second kappa shape index (κ2) is 2.48. The fourth-order valence-corrected chi connectivity index (χ4v) is 1.36. The number of benzene rings is 1. The zero-order valence-corrected chi connectivity index (χ0v) is 6.91. The lowest BCUT2D eigenvalue weighted by Gasteiger charge is -2.02. The van der Waals surface area contributed by atoms with Crippen molar-refractivity contribution in [3.8, 4) is 0 Å². The first-order valence-corrected chi connectivity index (χ1v) is 3.89. The maximum atomic E-state index is 5.76. The molecule has 0 aliphatic rings. The summed E-state index contributed by atoms with van der Waals surface area (Å²) >= 11 is 0. The van der Waals surface area contributed by atoms with Crippen molar-refractivity contribution in [2.75, 3.05) is 5.73 Å². The van der Waals surface area contributed by atoms with Crippen molar-refractivity contribution in [3.63, 3.8) is 0 Å². The molecule has 0 aliphatic carbocycles. The Morgan fingerprint density at radius 3 is 2.50 bits per heavy atom. The lowest BCUT2D eigenvalue weighted by atomic mass is 10.1. The van der Waals surface area contributed by atoms with Crippen LogP contribution in [0.5, 0.6) is 0 Å². The molecule has 2 heteroatoms. The number of nitrogens with two attached hydrogens (primary N) is 1. The summed E-state index contributed by atoms with van der Waals surface area (Å²) in [4.78, 5) is 4.18. The van der Waals surface area contributed by atoms with Crippen molar-refractivity contribution in [1.29, 1.82) is 0 Å². The average molecular weight is 158 g/mol.